The van der Waals surface area contributed by atoms with E-state index in [4.69, 9.17) is 4.74 Å². The molecular weight excluding hydrogens is 356 g/mol. The van der Waals surface area contributed by atoms with Gasteiger partial charge in [0, 0.05) is 37.4 Å². The third kappa shape index (κ3) is 3.24. The molecule has 4 rings (SSSR count). The number of hydrogen-bond donors (Lipinski definition) is 1. The van der Waals surface area contributed by atoms with Gasteiger partial charge >= 0.3 is 0 Å². The molecule has 0 radical (unpaired) electrons. The van der Waals surface area contributed by atoms with Crippen LogP contribution in [0.2, 0.25) is 0 Å². The van der Waals surface area contributed by atoms with Crippen LogP contribution in [0.25, 0.3) is 0 Å². The van der Waals surface area contributed by atoms with Gasteiger partial charge < -0.3 is 19.9 Å². The molecule has 8 heteroatoms. The summed E-state index contributed by atoms with van der Waals surface area (Å²) in [7, 11) is 2.08. The Labute approximate surface area is 164 Å². The van der Waals surface area contributed by atoms with E-state index in [1.807, 2.05) is 43.0 Å². The third-order valence-electron chi connectivity index (χ3n) is 5.33. The molecule has 148 valence electrons. The van der Waals surface area contributed by atoms with Crippen molar-refractivity contribution in [1.82, 2.24) is 24.6 Å². The quantitative estimate of drug-likeness (QED) is 0.868. The Hall–Kier alpha value is -2.87. The van der Waals surface area contributed by atoms with E-state index in [9.17, 15) is 4.79 Å². The van der Waals surface area contributed by atoms with Gasteiger partial charge in [0.05, 0.1) is 12.2 Å². The average Bonchev–Trinajstić information content (AvgIpc) is 3.16. The lowest BCUT2D eigenvalue weighted by Gasteiger charge is -2.36. The van der Waals surface area contributed by atoms with E-state index in [0.29, 0.717) is 18.1 Å². The van der Waals surface area contributed by atoms with Crippen molar-refractivity contribution >= 4 is 11.9 Å². The number of likely N-dealkylation sites (N-methyl/N-ethyl adjacent to an activating group) is 1. The van der Waals surface area contributed by atoms with Crippen molar-refractivity contribution < 1.29 is 9.53 Å². The van der Waals surface area contributed by atoms with E-state index in [-0.39, 0.29) is 11.9 Å². The highest BCUT2D eigenvalue weighted by molar-refractivity contribution is 5.97. The zero-order chi connectivity index (χ0) is 19.7. The molecule has 1 fully saturated rings. The normalized spacial score (nSPS) is 20.0. The number of amides is 1. The first-order valence-electron chi connectivity index (χ1n) is 9.67. The van der Waals surface area contributed by atoms with Crippen LogP contribution in [-0.4, -0.2) is 70.3 Å². The maximum Gasteiger partial charge on any atom is 0.254 e. The molecule has 1 amide bonds. The SMILES string of the molecule is CCOc1ccccc1C1C(C(=O)N2CCN(C)CC2)=C(C)Nc2ncnn21. The molecule has 1 atom stereocenters. The smallest absolute Gasteiger partial charge is 0.254 e. The molecule has 1 aromatic carbocycles. The van der Waals surface area contributed by atoms with Crippen LogP contribution in [0.3, 0.4) is 0 Å². The van der Waals surface area contributed by atoms with Crippen LogP contribution in [0.5, 0.6) is 5.75 Å². The van der Waals surface area contributed by atoms with Crippen LogP contribution in [0.15, 0.2) is 41.9 Å². The Morgan fingerprint density at radius 1 is 1.25 bits per heavy atom. The Kier molecular flexibility index (Phi) is 5.04. The molecule has 0 aliphatic carbocycles. The zero-order valence-electron chi connectivity index (χ0n) is 16.6. The molecule has 8 nitrogen and oxygen atoms in total. The summed E-state index contributed by atoms with van der Waals surface area (Å²) in [5.74, 6) is 1.43. The number of rotatable bonds is 4. The number of carbonyl (C=O) groups is 1. The minimum atomic E-state index is -0.381. The molecule has 0 spiro atoms. The van der Waals surface area contributed by atoms with E-state index in [2.05, 4.69) is 27.3 Å². The van der Waals surface area contributed by atoms with Gasteiger partial charge in [-0.05, 0) is 27.0 Å². The van der Waals surface area contributed by atoms with Crippen molar-refractivity contribution in [3.63, 3.8) is 0 Å². The monoisotopic (exact) mass is 382 g/mol. The van der Waals surface area contributed by atoms with Gasteiger partial charge in [0.1, 0.15) is 18.1 Å². The van der Waals surface area contributed by atoms with Gasteiger partial charge in [0.25, 0.3) is 5.91 Å². The number of carbonyl (C=O) groups excluding carboxylic acids is 1. The molecule has 0 saturated carbocycles. The van der Waals surface area contributed by atoms with Crippen LogP contribution in [-0.2, 0) is 4.79 Å². The van der Waals surface area contributed by atoms with Crippen LogP contribution in [0.4, 0.5) is 5.95 Å². The minimum Gasteiger partial charge on any atom is -0.494 e. The lowest BCUT2D eigenvalue weighted by atomic mass is 9.93. The number of aromatic nitrogens is 3. The van der Waals surface area contributed by atoms with Gasteiger partial charge in [0.2, 0.25) is 5.95 Å². The topological polar surface area (TPSA) is 75.5 Å². The Balaban J connectivity index is 1.78. The van der Waals surface area contributed by atoms with Crippen LogP contribution >= 0.6 is 0 Å². The molecule has 2 aromatic rings. The molecule has 1 unspecified atom stereocenters. The van der Waals surface area contributed by atoms with E-state index >= 15 is 0 Å². The maximum atomic E-state index is 13.6. The van der Waals surface area contributed by atoms with Gasteiger partial charge in [-0.3, -0.25) is 4.79 Å². The molecule has 2 aliphatic heterocycles. The number of ether oxygens (including phenoxy) is 1. The summed E-state index contributed by atoms with van der Waals surface area (Å²) in [6, 6.07) is 7.45. The average molecular weight is 382 g/mol. The first-order valence-corrected chi connectivity index (χ1v) is 9.67. The fraction of sp³-hybridized carbons (Fsp3) is 0.450. The highest BCUT2D eigenvalue weighted by Crippen LogP contribution is 2.39. The first kappa shape index (κ1) is 18.5. The lowest BCUT2D eigenvalue weighted by Crippen LogP contribution is -2.49. The standard InChI is InChI=1S/C20H26N6O2/c1-4-28-16-8-6-5-7-15(16)18-17(14(2)23-20-21-13-22-26(18)20)19(27)25-11-9-24(3)10-12-25/h5-8,13,18H,4,9-12H2,1-3H3,(H,21,22,23). The second-order valence-corrected chi connectivity index (χ2v) is 7.16. The van der Waals surface area contributed by atoms with Gasteiger partial charge in [-0.2, -0.15) is 10.1 Å². The number of allylic oxidation sites excluding steroid dienone is 1. The molecule has 1 saturated heterocycles. The second-order valence-electron chi connectivity index (χ2n) is 7.16. The summed E-state index contributed by atoms with van der Waals surface area (Å²) in [6.45, 7) is 7.62. The number of hydrogen-bond acceptors (Lipinski definition) is 6. The summed E-state index contributed by atoms with van der Waals surface area (Å²) >= 11 is 0. The summed E-state index contributed by atoms with van der Waals surface area (Å²) in [4.78, 5) is 22.0. The van der Waals surface area contributed by atoms with E-state index in [0.717, 1.165) is 43.2 Å². The Morgan fingerprint density at radius 3 is 2.75 bits per heavy atom. The number of benzene rings is 1. The zero-order valence-corrected chi connectivity index (χ0v) is 16.6. The fourth-order valence-corrected chi connectivity index (χ4v) is 3.83. The van der Waals surface area contributed by atoms with Crippen LogP contribution in [0, 0.1) is 0 Å². The van der Waals surface area contributed by atoms with Crippen molar-refractivity contribution in [2.75, 3.05) is 45.2 Å². The van der Waals surface area contributed by atoms with Crippen LogP contribution < -0.4 is 10.1 Å². The number of anilines is 1. The van der Waals surface area contributed by atoms with Crippen molar-refractivity contribution in [2.45, 2.75) is 19.9 Å². The number of nitrogens with zero attached hydrogens (tertiary/aromatic N) is 5. The second kappa shape index (κ2) is 7.63. The Morgan fingerprint density at radius 2 is 2.00 bits per heavy atom. The van der Waals surface area contributed by atoms with Gasteiger partial charge in [-0.15, -0.1) is 0 Å². The molecule has 0 bridgehead atoms. The fourth-order valence-electron chi connectivity index (χ4n) is 3.83. The predicted molar refractivity (Wildman–Crippen MR) is 106 cm³/mol. The first-order chi connectivity index (χ1) is 13.6. The van der Waals surface area contributed by atoms with Gasteiger partial charge in [-0.25, -0.2) is 4.68 Å². The summed E-state index contributed by atoms with van der Waals surface area (Å²) in [6.07, 6.45) is 1.51. The third-order valence-corrected chi connectivity index (χ3v) is 5.33. The van der Waals surface area contributed by atoms with Crippen molar-refractivity contribution in [3.8, 4) is 5.75 Å². The number of nitrogens with one attached hydrogen (secondary N) is 1. The highest BCUT2D eigenvalue weighted by atomic mass is 16.5. The molecule has 1 aromatic heterocycles. The lowest BCUT2D eigenvalue weighted by molar-refractivity contribution is -0.129. The minimum absolute atomic E-state index is 0.0375. The van der Waals surface area contributed by atoms with E-state index in [1.54, 1.807) is 4.68 Å². The molecule has 1 N–H and O–H groups in total. The molecular formula is C20H26N6O2. The number of para-hydroxylation sites is 1. The summed E-state index contributed by atoms with van der Waals surface area (Å²) in [5.41, 5.74) is 2.41. The molecule has 3 heterocycles. The largest absolute Gasteiger partial charge is 0.494 e. The highest BCUT2D eigenvalue weighted by Gasteiger charge is 2.37. The van der Waals surface area contributed by atoms with Gasteiger partial charge in [-0.1, -0.05) is 18.2 Å². The maximum absolute atomic E-state index is 13.6. The number of piperazine rings is 1. The summed E-state index contributed by atoms with van der Waals surface area (Å²) in [5, 5.41) is 7.65. The molecule has 28 heavy (non-hydrogen) atoms. The number of fused-ring (bicyclic) bond motifs is 1. The van der Waals surface area contributed by atoms with Gasteiger partial charge in [0.15, 0.2) is 0 Å². The van der Waals surface area contributed by atoms with Crippen molar-refractivity contribution in [2.24, 2.45) is 0 Å². The van der Waals surface area contributed by atoms with Crippen molar-refractivity contribution in [1.29, 1.82) is 0 Å². The summed E-state index contributed by atoms with van der Waals surface area (Å²) < 4.78 is 7.64. The molecule has 2 aliphatic rings. The Bertz CT molecular complexity index is 898. The predicted octanol–water partition coefficient (Wildman–Crippen LogP) is 1.74. The van der Waals surface area contributed by atoms with E-state index in [1.165, 1.54) is 6.33 Å². The van der Waals surface area contributed by atoms with Crippen LogP contribution in [0.1, 0.15) is 25.5 Å². The van der Waals surface area contributed by atoms with E-state index < -0.39 is 0 Å². The van der Waals surface area contributed by atoms with Crippen molar-refractivity contribution in [3.05, 3.63) is 47.4 Å².